The van der Waals surface area contributed by atoms with Crippen molar-refractivity contribution in [1.82, 2.24) is 15.1 Å². The van der Waals surface area contributed by atoms with Crippen molar-refractivity contribution in [3.8, 4) is 0 Å². The fraction of sp³-hybridized carbons (Fsp3) is 0.200. The summed E-state index contributed by atoms with van der Waals surface area (Å²) in [6.07, 6.45) is 0. The molecule has 3 amide bonds. The maximum Gasteiger partial charge on any atom is 0.322 e. The molecule has 4 rings (SSSR count). The van der Waals surface area contributed by atoms with Gasteiger partial charge in [0.25, 0.3) is 5.91 Å². The molecule has 0 saturated heterocycles. The van der Waals surface area contributed by atoms with E-state index in [1.54, 1.807) is 36.2 Å². The highest BCUT2D eigenvalue weighted by Gasteiger charge is 2.42. The molecule has 2 aliphatic rings. The first kappa shape index (κ1) is 17.2. The highest BCUT2D eigenvalue weighted by Crippen LogP contribution is 2.36. The molecule has 5 nitrogen and oxygen atoms in total. The Morgan fingerprint density at radius 3 is 2.22 bits per heavy atom. The van der Waals surface area contributed by atoms with Crippen LogP contribution in [0.1, 0.15) is 17.2 Å². The van der Waals surface area contributed by atoms with Gasteiger partial charge in [0.15, 0.2) is 0 Å². The van der Waals surface area contributed by atoms with E-state index in [2.05, 4.69) is 5.32 Å². The SMILES string of the molecule is CN1C(=O)N[C@H](c2ccc(F)cc2)C2=C1CN(Cc1ccc(F)cc1)C2=O. The number of amides is 3. The predicted molar refractivity (Wildman–Crippen MR) is 94.3 cm³/mol. The molecule has 2 aliphatic heterocycles. The first-order valence-electron chi connectivity index (χ1n) is 8.50. The van der Waals surface area contributed by atoms with Gasteiger partial charge in [-0.25, -0.2) is 13.6 Å². The minimum absolute atomic E-state index is 0.199. The topological polar surface area (TPSA) is 52.7 Å². The molecule has 1 N–H and O–H groups in total. The Morgan fingerprint density at radius 1 is 1.00 bits per heavy atom. The third-order valence-corrected chi connectivity index (χ3v) is 4.93. The minimum Gasteiger partial charge on any atom is -0.329 e. The van der Waals surface area contributed by atoms with E-state index in [0.29, 0.717) is 23.4 Å². The van der Waals surface area contributed by atoms with E-state index in [1.807, 2.05) is 0 Å². The van der Waals surface area contributed by atoms with Crippen LogP contribution in [0.2, 0.25) is 0 Å². The van der Waals surface area contributed by atoms with Crippen molar-refractivity contribution >= 4 is 11.9 Å². The molecule has 0 aromatic heterocycles. The maximum absolute atomic E-state index is 13.3. The van der Waals surface area contributed by atoms with E-state index in [1.165, 1.54) is 29.2 Å². The molecule has 0 radical (unpaired) electrons. The zero-order chi connectivity index (χ0) is 19.1. The number of likely N-dealkylation sites (N-methyl/N-ethyl adjacent to an activating group) is 1. The summed E-state index contributed by atoms with van der Waals surface area (Å²) in [7, 11) is 1.61. The van der Waals surface area contributed by atoms with Crippen LogP contribution < -0.4 is 5.32 Å². The Hall–Kier alpha value is -3.22. The zero-order valence-electron chi connectivity index (χ0n) is 14.6. The van der Waals surface area contributed by atoms with Gasteiger partial charge in [-0.05, 0) is 35.4 Å². The molecule has 7 heteroatoms. The van der Waals surface area contributed by atoms with Crippen LogP contribution in [0, 0.1) is 11.6 Å². The third kappa shape index (κ3) is 3.05. The molecule has 0 fully saturated rings. The van der Waals surface area contributed by atoms with Crippen molar-refractivity contribution in [3.63, 3.8) is 0 Å². The van der Waals surface area contributed by atoms with Gasteiger partial charge in [0.2, 0.25) is 0 Å². The molecular weight excluding hydrogens is 352 g/mol. The standard InChI is InChI=1S/C20H17F2N3O2/c1-24-16-11-25(10-12-2-6-14(21)7-3-12)19(26)17(16)18(23-20(24)27)13-4-8-15(22)9-5-13/h2-9,18H,10-11H2,1H3,(H,23,27)/t18-/m1/s1. The number of hydrogen-bond donors (Lipinski definition) is 1. The lowest BCUT2D eigenvalue weighted by Gasteiger charge is -2.31. The van der Waals surface area contributed by atoms with E-state index in [0.717, 1.165) is 5.56 Å². The van der Waals surface area contributed by atoms with Crippen molar-refractivity contribution in [2.75, 3.05) is 13.6 Å². The van der Waals surface area contributed by atoms with E-state index in [-0.39, 0.29) is 30.1 Å². The highest BCUT2D eigenvalue weighted by atomic mass is 19.1. The molecule has 2 heterocycles. The van der Waals surface area contributed by atoms with Crippen LogP contribution in [0.15, 0.2) is 59.8 Å². The molecule has 1 atom stereocenters. The smallest absolute Gasteiger partial charge is 0.322 e. The molecule has 0 bridgehead atoms. The fourth-order valence-corrected chi connectivity index (χ4v) is 3.47. The van der Waals surface area contributed by atoms with Crippen molar-refractivity contribution in [1.29, 1.82) is 0 Å². The van der Waals surface area contributed by atoms with Crippen LogP contribution in [-0.4, -0.2) is 35.3 Å². The summed E-state index contributed by atoms with van der Waals surface area (Å²) < 4.78 is 26.4. The van der Waals surface area contributed by atoms with Crippen molar-refractivity contribution in [2.45, 2.75) is 12.6 Å². The van der Waals surface area contributed by atoms with Crippen LogP contribution in [0.5, 0.6) is 0 Å². The molecule has 2 aromatic carbocycles. The quantitative estimate of drug-likeness (QED) is 0.904. The van der Waals surface area contributed by atoms with Crippen LogP contribution in [0.3, 0.4) is 0 Å². The number of carbonyl (C=O) groups excluding carboxylic acids is 2. The second kappa shape index (κ2) is 6.50. The van der Waals surface area contributed by atoms with Gasteiger partial charge in [0, 0.05) is 13.6 Å². The fourth-order valence-electron chi connectivity index (χ4n) is 3.47. The number of urea groups is 1. The summed E-state index contributed by atoms with van der Waals surface area (Å²) >= 11 is 0. The summed E-state index contributed by atoms with van der Waals surface area (Å²) in [4.78, 5) is 28.4. The Bertz CT molecular complexity index is 939. The molecule has 0 saturated carbocycles. The monoisotopic (exact) mass is 369 g/mol. The van der Waals surface area contributed by atoms with E-state index in [9.17, 15) is 18.4 Å². The van der Waals surface area contributed by atoms with Gasteiger partial charge < -0.3 is 10.2 Å². The zero-order valence-corrected chi connectivity index (χ0v) is 14.6. The predicted octanol–water partition coefficient (Wildman–Crippen LogP) is 2.96. The Labute approximate surface area is 154 Å². The number of carbonyl (C=O) groups is 2. The van der Waals surface area contributed by atoms with E-state index in [4.69, 9.17) is 0 Å². The van der Waals surface area contributed by atoms with Gasteiger partial charge in [-0.15, -0.1) is 0 Å². The second-order valence-corrected chi connectivity index (χ2v) is 6.64. The molecular formula is C20H17F2N3O2. The van der Waals surface area contributed by atoms with Gasteiger partial charge in [-0.3, -0.25) is 9.69 Å². The van der Waals surface area contributed by atoms with E-state index < -0.39 is 6.04 Å². The number of rotatable bonds is 3. The summed E-state index contributed by atoms with van der Waals surface area (Å²) in [5.41, 5.74) is 2.54. The Morgan fingerprint density at radius 2 is 1.59 bits per heavy atom. The van der Waals surface area contributed by atoms with Gasteiger partial charge in [-0.2, -0.15) is 0 Å². The highest BCUT2D eigenvalue weighted by molar-refractivity contribution is 6.01. The average Bonchev–Trinajstić information content (AvgIpc) is 2.98. The average molecular weight is 369 g/mol. The summed E-state index contributed by atoms with van der Waals surface area (Å²) in [5.74, 6) is -0.923. The van der Waals surface area contributed by atoms with Gasteiger partial charge in [0.05, 0.1) is 23.9 Å². The van der Waals surface area contributed by atoms with Gasteiger partial charge in [-0.1, -0.05) is 24.3 Å². The second-order valence-electron chi connectivity index (χ2n) is 6.64. The molecule has 0 unspecified atom stereocenters. The molecule has 0 spiro atoms. The molecule has 2 aromatic rings. The number of halogens is 2. The number of hydrogen-bond acceptors (Lipinski definition) is 2. The molecule has 138 valence electrons. The van der Waals surface area contributed by atoms with Gasteiger partial charge >= 0.3 is 6.03 Å². The Kier molecular flexibility index (Phi) is 4.14. The number of nitrogens with one attached hydrogen (secondary N) is 1. The minimum atomic E-state index is -0.630. The Balaban J connectivity index is 1.65. The first-order valence-corrected chi connectivity index (χ1v) is 8.50. The first-order chi connectivity index (χ1) is 12.9. The van der Waals surface area contributed by atoms with Crippen molar-refractivity contribution in [2.24, 2.45) is 0 Å². The van der Waals surface area contributed by atoms with Gasteiger partial charge in [0.1, 0.15) is 11.6 Å². The molecule has 27 heavy (non-hydrogen) atoms. The van der Waals surface area contributed by atoms with E-state index >= 15 is 0 Å². The summed E-state index contributed by atoms with van der Waals surface area (Å²) in [5, 5.41) is 2.81. The summed E-state index contributed by atoms with van der Waals surface area (Å²) in [6, 6.07) is 10.7. The van der Waals surface area contributed by atoms with Crippen molar-refractivity contribution in [3.05, 3.63) is 82.6 Å². The number of nitrogens with zero attached hydrogens (tertiary/aromatic N) is 2. The lowest BCUT2D eigenvalue weighted by molar-refractivity contribution is -0.126. The lowest BCUT2D eigenvalue weighted by atomic mass is 9.96. The van der Waals surface area contributed by atoms with Crippen LogP contribution >= 0.6 is 0 Å². The van der Waals surface area contributed by atoms with Crippen LogP contribution in [0.4, 0.5) is 13.6 Å². The molecule has 0 aliphatic carbocycles. The maximum atomic E-state index is 13.3. The normalized spacial score (nSPS) is 19.4. The van der Waals surface area contributed by atoms with Crippen LogP contribution in [0.25, 0.3) is 0 Å². The summed E-state index contributed by atoms with van der Waals surface area (Å²) in [6.45, 7) is 0.595. The van der Waals surface area contributed by atoms with Crippen molar-refractivity contribution < 1.29 is 18.4 Å². The number of benzene rings is 2. The lowest BCUT2D eigenvalue weighted by Crippen LogP contribution is -2.45. The third-order valence-electron chi connectivity index (χ3n) is 4.93. The largest absolute Gasteiger partial charge is 0.329 e. The van der Waals surface area contributed by atoms with Crippen LogP contribution in [-0.2, 0) is 11.3 Å².